The Kier molecular flexibility index (Phi) is 13.0. The van der Waals surface area contributed by atoms with Gasteiger partial charge in [0.05, 0.1) is 36.0 Å². The molecule has 3 aliphatic rings. The van der Waals surface area contributed by atoms with Gasteiger partial charge >= 0.3 is 0 Å². The summed E-state index contributed by atoms with van der Waals surface area (Å²) in [6.45, 7) is 1.70. The molecule has 2 N–H and O–H groups in total. The fourth-order valence-electron chi connectivity index (χ4n) is 9.76. The lowest BCUT2D eigenvalue weighted by molar-refractivity contribution is 0.273. The van der Waals surface area contributed by atoms with E-state index in [0.29, 0.717) is 13.2 Å². The molecule has 8 nitrogen and oxygen atoms in total. The molecule has 0 saturated carbocycles. The molecule has 10 rings (SSSR count). The lowest BCUT2D eigenvalue weighted by Crippen LogP contribution is -2.32. The van der Waals surface area contributed by atoms with Crippen molar-refractivity contribution in [3.05, 3.63) is 185 Å². The summed E-state index contributed by atoms with van der Waals surface area (Å²) in [5, 5.41) is 18.4. The van der Waals surface area contributed by atoms with Crippen LogP contribution in [-0.2, 0) is 31.5 Å². The number of aromatic nitrogens is 2. The van der Waals surface area contributed by atoms with E-state index in [4.69, 9.17) is 24.4 Å². The second-order valence-electron chi connectivity index (χ2n) is 17.8. The van der Waals surface area contributed by atoms with Crippen molar-refractivity contribution in [1.29, 1.82) is 0 Å². The van der Waals surface area contributed by atoms with Crippen molar-refractivity contribution in [2.24, 2.45) is 9.98 Å². The molecule has 66 heavy (non-hydrogen) atoms. The van der Waals surface area contributed by atoms with Gasteiger partial charge in [0.25, 0.3) is 5.79 Å². The van der Waals surface area contributed by atoms with Gasteiger partial charge in [-0.15, -0.1) is 0 Å². The van der Waals surface area contributed by atoms with Crippen molar-refractivity contribution < 1.29 is 19.7 Å². The van der Waals surface area contributed by atoms with Crippen LogP contribution in [0, 0.1) is 0 Å². The van der Waals surface area contributed by atoms with E-state index in [1.54, 1.807) is 0 Å². The minimum absolute atomic E-state index is 0.230. The first kappa shape index (κ1) is 43.3. The van der Waals surface area contributed by atoms with Crippen LogP contribution in [0.25, 0.3) is 33.9 Å². The van der Waals surface area contributed by atoms with Crippen LogP contribution >= 0.6 is 0 Å². The molecule has 334 valence electrons. The number of hydrogen-bond donors (Lipinski definition) is 2. The monoisotopic (exact) mass is 874 g/mol. The zero-order chi connectivity index (χ0) is 44.7. The highest BCUT2D eigenvalue weighted by atomic mass is 16.5. The zero-order valence-electron chi connectivity index (χ0n) is 37.7. The first-order valence-electron chi connectivity index (χ1n) is 24.0. The third kappa shape index (κ3) is 8.88. The van der Waals surface area contributed by atoms with Crippen molar-refractivity contribution in [2.45, 2.75) is 82.8 Å². The standard InChI is InChI=1S/C58H58N4O4/c63-35-11-1-3-13-37-65-49-31-27-46(28-32-49)53-54(47-29-33-50(34-30-47)66-38-14-4-2-12-36-64)61-58(60-53)52-40-42-20-19-41-21-23-43(25-26-44(52)24-22-42)51(39-41)57-59-55(45-15-7-5-8-16-45)56(62(57)58)48-17-9-6-10-18-48/h5-10,15-18,21-24,27-34,39-40,63-64H,1-4,11-14,19-20,25-26,35-38H2. The molecular formula is C58H58N4O4. The Morgan fingerprint density at radius 3 is 1.58 bits per heavy atom. The molecule has 3 aliphatic heterocycles. The molecule has 6 aromatic carbocycles. The summed E-state index contributed by atoms with van der Waals surface area (Å²) in [5.41, 5.74) is 14.6. The normalized spacial score (nSPS) is 14.4. The maximum Gasteiger partial charge on any atom is 0.261 e. The Morgan fingerprint density at radius 2 is 1.00 bits per heavy atom. The average Bonchev–Trinajstić information content (AvgIpc) is 3.97. The van der Waals surface area contributed by atoms with Crippen molar-refractivity contribution in [1.82, 2.24) is 9.55 Å². The molecule has 1 spiro atoms. The summed E-state index contributed by atoms with van der Waals surface area (Å²) in [4.78, 5) is 17.9. The fraction of sp³-hybridized carbons (Fsp3) is 0.293. The summed E-state index contributed by atoms with van der Waals surface area (Å²) >= 11 is 0. The number of ether oxygens (including phenoxy) is 2. The minimum Gasteiger partial charge on any atom is -0.494 e. The molecule has 0 saturated heterocycles. The third-order valence-corrected chi connectivity index (χ3v) is 13.3. The van der Waals surface area contributed by atoms with E-state index in [0.717, 1.165) is 151 Å². The highest BCUT2D eigenvalue weighted by Gasteiger charge is 2.47. The number of fused-ring (bicyclic) bond motifs is 2. The first-order valence-corrected chi connectivity index (χ1v) is 24.0. The number of aryl methyl sites for hydroxylation is 4. The first-order chi connectivity index (χ1) is 32.6. The summed E-state index contributed by atoms with van der Waals surface area (Å²) in [6, 6.07) is 51.9. The van der Waals surface area contributed by atoms with Crippen LogP contribution in [0.2, 0.25) is 0 Å². The van der Waals surface area contributed by atoms with Crippen molar-refractivity contribution in [3.63, 3.8) is 0 Å². The molecule has 0 atom stereocenters. The van der Waals surface area contributed by atoms with E-state index in [-0.39, 0.29) is 13.2 Å². The van der Waals surface area contributed by atoms with Gasteiger partial charge in [0.15, 0.2) is 0 Å². The van der Waals surface area contributed by atoms with E-state index in [1.165, 1.54) is 22.3 Å². The van der Waals surface area contributed by atoms with E-state index in [9.17, 15) is 10.2 Å². The van der Waals surface area contributed by atoms with Crippen LogP contribution < -0.4 is 9.47 Å². The Morgan fingerprint density at radius 1 is 0.485 bits per heavy atom. The highest BCUT2D eigenvalue weighted by molar-refractivity contribution is 6.54. The van der Waals surface area contributed by atoms with Gasteiger partial charge in [0.1, 0.15) is 17.3 Å². The van der Waals surface area contributed by atoms with E-state index in [1.807, 2.05) is 24.3 Å². The lowest BCUT2D eigenvalue weighted by atomic mass is 9.90. The van der Waals surface area contributed by atoms with Gasteiger partial charge in [-0.3, -0.25) is 4.57 Å². The lowest BCUT2D eigenvalue weighted by Gasteiger charge is -2.31. The topological polar surface area (TPSA) is 101 Å². The second kappa shape index (κ2) is 19.9. The number of rotatable bonds is 18. The van der Waals surface area contributed by atoms with Gasteiger partial charge in [0, 0.05) is 46.6 Å². The van der Waals surface area contributed by atoms with Crippen LogP contribution in [-0.4, -0.2) is 57.6 Å². The smallest absolute Gasteiger partial charge is 0.261 e. The van der Waals surface area contributed by atoms with Crippen molar-refractivity contribution in [3.8, 4) is 45.4 Å². The molecular weight excluding hydrogens is 817 g/mol. The fourth-order valence-corrected chi connectivity index (χ4v) is 9.76. The Hall–Kier alpha value is -6.61. The number of aliphatic hydroxyl groups is 2. The van der Waals surface area contributed by atoms with Gasteiger partial charge in [-0.25, -0.2) is 15.0 Å². The molecule has 8 heteroatoms. The number of nitrogens with zero attached hydrogens (tertiary/aromatic N) is 4. The molecule has 4 bridgehead atoms. The van der Waals surface area contributed by atoms with Crippen LogP contribution in [0.15, 0.2) is 156 Å². The maximum atomic E-state index is 9.21. The number of aliphatic imine (C=N–C) groups is 2. The minimum atomic E-state index is -1.29. The van der Waals surface area contributed by atoms with Crippen LogP contribution in [0.5, 0.6) is 11.5 Å². The van der Waals surface area contributed by atoms with Gasteiger partial charge in [-0.1, -0.05) is 97.8 Å². The van der Waals surface area contributed by atoms with Gasteiger partial charge in [-0.05, 0) is 147 Å². The number of unbranched alkanes of at least 4 members (excludes halogenated alkanes) is 6. The molecule has 0 unspecified atom stereocenters. The van der Waals surface area contributed by atoms with Crippen LogP contribution in [0.1, 0.15) is 90.3 Å². The molecule has 7 aromatic rings. The average molecular weight is 875 g/mol. The summed E-state index contributed by atoms with van der Waals surface area (Å²) in [6.07, 6.45) is 11.0. The quantitative estimate of drug-likeness (QED) is 0.0836. The Labute approximate surface area is 388 Å². The number of hydrogen-bond acceptors (Lipinski definition) is 7. The molecule has 0 amide bonds. The second-order valence-corrected chi connectivity index (χ2v) is 17.8. The van der Waals surface area contributed by atoms with Crippen LogP contribution in [0.3, 0.4) is 0 Å². The van der Waals surface area contributed by atoms with Gasteiger partial charge < -0.3 is 19.7 Å². The Balaban J connectivity index is 1.20. The van der Waals surface area contributed by atoms with E-state index >= 15 is 0 Å². The third-order valence-electron chi connectivity index (χ3n) is 13.3. The van der Waals surface area contributed by atoms with Crippen LogP contribution in [0.4, 0.5) is 0 Å². The van der Waals surface area contributed by atoms with Gasteiger partial charge in [-0.2, -0.15) is 0 Å². The summed E-state index contributed by atoms with van der Waals surface area (Å²) in [5.74, 6) is 1.18. The largest absolute Gasteiger partial charge is 0.494 e. The molecule has 0 aliphatic carbocycles. The van der Waals surface area contributed by atoms with Crippen molar-refractivity contribution >= 4 is 11.4 Å². The maximum absolute atomic E-state index is 9.21. The van der Waals surface area contributed by atoms with Crippen molar-refractivity contribution in [2.75, 3.05) is 26.4 Å². The predicted octanol–water partition coefficient (Wildman–Crippen LogP) is 11.6. The SMILES string of the molecule is OCCCCCCOc1ccc(C2=NC3(N=C2c2ccc(OCCCCCCO)cc2)c2cc4ccc2CCc2ccc(cc2-c2nc(-c5ccccc5)c(-c5ccccc5)n23)CC4)cc1. The van der Waals surface area contributed by atoms with E-state index in [2.05, 4.69) is 126 Å². The summed E-state index contributed by atoms with van der Waals surface area (Å²) < 4.78 is 14.9. The molecule has 1 aromatic heterocycles. The number of benzene rings is 6. The summed E-state index contributed by atoms with van der Waals surface area (Å²) in [7, 11) is 0. The molecule has 4 heterocycles. The highest BCUT2D eigenvalue weighted by Crippen LogP contribution is 2.49. The predicted molar refractivity (Wildman–Crippen MR) is 265 cm³/mol. The van der Waals surface area contributed by atoms with E-state index < -0.39 is 5.79 Å². The number of aliphatic hydroxyl groups excluding tert-OH is 2. The number of imidazole rings is 1. The zero-order valence-corrected chi connectivity index (χ0v) is 37.7. The van der Waals surface area contributed by atoms with Gasteiger partial charge in [0.2, 0.25) is 0 Å². The molecule has 0 fully saturated rings. The Bertz CT molecular complexity index is 2750. The molecule has 0 radical (unpaired) electrons.